The largest absolute Gasteiger partial charge is 0.281 e. The van der Waals surface area contributed by atoms with Crippen molar-refractivity contribution >= 4 is 33.0 Å². The molecule has 0 fully saturated rings. The highest BCUT2D eigenvalue weighted by Gasteiger charge is 2.32. The quantitative estimate of drug-likeness (QED) is 0.581. The summed E-state index contributed by atoms with van der Waals surface area (Å²) in [6, 6.07) is 17.9. The number of hydrogen-bond donors (Lipinski definition) is 1. The average Bonchev–Trinajstić information content (AvgIpc) is 2.91. The number of benzene rings is 2. The van der Waals surface area contributed by atoms with Crippen LogP contribution in [-0.2, 0) is 0 Å². The molecule has 2 aromatic carbocycles. The highest BCUT2D eigenvalue weighted by molar-refractivity contribution is 8.44. The number of nitrogens with zero attached hydrogens (tertiary/aromatic N) is 1. The minimum absolute atomic E-state index is 0.304. The highest BCUT2D eigenvalue weighted by atomic mass is 35.5. The first-order valence-corrected chi connectivity index (χ1v) is 9.38. The molecule has 1 aliphatic rings. The smallest absolute Gasteiger partial charge is 0.262 e. The molecule has 0 saturated carbocycles. The number of carbonyl (C=O) groups excluding carboxylic acids is 1. The first-order valence-electron chi connectivity index (χ1n) is 7.41. The Hall–Kier alpha value is -2.55. The van der Waals surface area contributed by atoms with Gasteiger partial charge in [0.1, 0.15) is 5.70 Å². The van der Waals surface area contributed by atoms with Gasteiger partial charge >= 0.3 is 0 Å². The fourth-order valence-electron chi connectivity index (χ4n) is 2.24. The van der Waals surface area contributed by atoms with Crippen LogP contribution in [0.3, 0.4) is 0 Å². The predicted octanol–water partition coefficient (Wildman–Crippen LogP) is 5.05. The van der Waals surface area contributed by atoms with Gasteiger partial charge in [-0.2, -0.15) is 3.89 Å². The summed E-state index contributed by atoms with van der Waals surface area (Å²) in [4.78, 5) is 16.6. The number of halogens is 2. The summed E-state index contributed by atoms with van der Waals surface area (Å²) < 4.78 is 15.3. The topological polar surface area (TPSA) is 41.5 Å². The van der Waals surface area contributed by atoms with Crippen LogP contribution in [0.25, 0.3) is 0 Å². The van der Waals surface area contributed by atoms with Crippen LogP contribution in [0.4, 0.5) is 3.89 Å². The SMILES string of the molecule is CC1=NC(C#CNC(=O)c2ccccc2)=CS1(F)c1ccc(Cl)cc1. The molecule has 3 nitrogen and oxygen atoms in total. The second kappa shape index (κ2) is 7.14. The Labute approximate surface area is 152 Å². The minimum Gasteiger partial charge on any atom is -0.281 e. The molecule has 1 N–H and O–H groups in total. The number of hydrogen-bond acceptors (Lipinski definition) is 2. The molecule has 1 atom stereocenters. The molecule has 1 aliphatic heterocycles. The van der Waals surface area contributed by atoms with Crippen LogP contribution in [0.1, 0.15) is 17.3 Å². The maximum Gasteiger partial charge on any atom is 0.262 e. The molecule has 3 rings (SSSR count). The van der Waals surface area contributed by atoms with E-state index < -0.39 is 10.4 Å². The first kappa shape index (κ1) is 17.3. The third-order valence-corrected chi connectivity index (χ3v) is 6.25. The maximum absolute atomic E-state index is 15.3. The van der Waals surface area contributed by atoms with Crippen molar-refractivity contribution in [3.63, 3.8) is 0 Å². The van der Waals surface area contributed by atoms with E-state index in [1.54, 1.807) is 55.5 Å². The van der Waals surface area contributed by atoms with Gasteiger partial charge < -0.3 is 0 Å². The lowest BCUT2D eigenvalue weighted by atomic mass is 10.2. The van der Waals surface area contributed by atoms with Gasteiger partial charge in [0, 0.05) is 26.9 Å². The molecule has 6 heteroatoms. The monoisotopic (exact) mass is 372 g/mol. The van der Waals surface area contributed by atoms with E-state index in [1.807, 2.05) is 6.07 Å². The summed E-state index contributed by atoms with van der Waals surface area (Å²) in [5, 5.41) is 4.82. The van der Waals surface area contributed by atoms with Crippen molar-refractivity contribution in [2.45, 2.75) is 11.8 Å². The van der Waals surface area contributed by atoms with Crippen LogP contribution in [0, 0.1) is 12.0 Å². The van der Waals surface area contributed by atoms with Crippen molar-refractivity contribution in [2.24, 2.45) is 4.99 Å². The van der Waals surface area contributed by atoms with Crippen LogP contribution in [0.15, 0.2) is 75.6 Å². The van der Waals surface area contributed by atoms with Crippen molar-refractivity contribution in [3.8, 4) is 12.0 Å². The van der Waals surface area contributed by atoms with Crippen molar-refractivity contribution in [1.29, 1.82) is 0 Å². The molecule has 0 spiro atoms. The lowest BCUT2D eigenvalue weighted by Gasteiger charge is -2.23. The molecular formula is C19H14ClFN2OS. The van der Waals surface area contributed by atoms with Crippen LogP contribution in [-0.4, -0.2) is 11.0 Å². The Bertz CT molecular complexity index is 929. The highest BCUT2D eigenvalue weighted by Crippen LogP contribution is 2.63. The second-order valence-electron chi connectivity index (χ2n) is 5.24. The minimum atomic E-state index is -2.82. The maximum atomic E-state index is 15.3. The van der Waals surface area contributed by atoms with E-state index in [0.29, 0.717) is 26.2 Å². The van der Waals surface area contributed by atoms with Crippen molar-refractivity contribution in [1.82, 2.24) is 5.32 Å². The van der Waals surface area contributed by atoms with Gasteiger partial charge in [0.2, 0.25) is 0 Å². The number of rotatable bonds is 2. The van der Waals surface area contributed by atoms with E-state index in [0.717, 1.165) is 0 Å². The van der Waals surface area contributed by atoms with Gasteiger partial charge in [-0.25, -0.2) is 4.99 Å². The zero-order valence-electron chi connectivity index (χ0n) is 13.3. The van der Waals surface area contributed by atoms with Gasteiger partial charge in [0.15, 0.2) is 0 Å². The molecule has 0 bridgehead atoms. The zero-order chi connectivity index (χ0) is 17.9. The van der Waals surface area contributed by atoms with E-state index in [9.17, 15) is 4.79 Å². The third kappa shape index (κ3) is 3.76. The average molecular weight is 373 g/mol. The van der Waals surface area contributed by atoms with Crippen LogP contribution < -0.4 is 5.32 Å². The number of carbonyl (C=O) groups is 1. The Balaban J connectivity index is 1.76. The third-order valence-electron chi connectivity index (χ3n) is 3.54. The van der Waals surface area contributed by atoms with Crippen molar-refractivity contribution in [3.05, 3.63) is 76.3 Å². The predicted molar refractivity (Wildman–Crippen MR) is 101 cm³/mol. The van der Waals surface area contributed by atoms with Gasteiger partial charge in [-0.05, 0) is 59.7 Å². The Morgan fingerprint density at radius 2 is 1.84 bits per heavy atom. The normalized spacial score (nSPS) is 21.2. The summed E-state index contributed by atoms with van der Waals surface area (Å²) in [5.74, 6) is 2.38. The Morgan fingerprint density at radius 1 is 1.16 bits per heavy atom. The van der Waals surface area contributed by atoms with E-state index in [2.05, 4.69) is 22.3 Å². The fraction of sp³-hybridized carbons (Fsp3) is 0.0526. The van der Waals surface area contributed by atoms with Gasteiger partial charge in [0.25, 0.3) is 5.91 Å². The molecule has 0 radical (unpaired) electrons. The molecule has 126 valence electrons. The van der Waals surface area contributed by atoms with Crippen LogP contribution in [0.5, 0.6) is 0 Å². The van der Waals surface area contributed by atoms with Crippen LogP contribution in [0.2, 0.25) is 5.02 Å². The lowest BCUT2D eigenvalue weighted by molar-refractivity contribution is 0.0973. The molecule has 1 heterocycles. The second-order valence-corrected chi connectivity index (χ2v) is 8.14. The molecule has 0 aliphatic carbocycles. The molecule has 1 unspecified atom stereocenters. The fourth-order valence-corrected chi connectivity index (χ4v) is 4.20. The van der Waals surface area contributed by atoms with Crippen molar-refractivity contribution in [2.75, 3.05) is 0 Å². The zero-order valence-corrected chi connectivity index (χ0v) is 14.9. The van der Waals surface area contributed by atoms with Gasteiger partial charge in [0.05, 0.1) is 5.04 Å². The van der Waals surface area contributed by atoms with Crippen LogP contribution >= 0.6 is 22.0 Å². The van der Waals surface area contributed by atoms with Gasteiger partial charge in [-0.1, -0.05) is 29.8 Å². The van der Waals surface area contributed by atoms with Crippen molar-refractivity contribution < 1.29 is 8.68 Å². The van der Waals surface area contributed by atoms with E-state index in [-0.39, 0.29) is 5.91 Å². The summed E-state index contributed by atoms with van der Waals surface area (Å²) in [7, 11) is -2.82. The summed E-state index contributed by atoms with van der Waals surface area (Å²) >= 11 is 5.86. The standard InChI is InChI=1S/C19H14ClFN2OS/c1-14-23-17(11-12-22-19(24)15-5-3-2-4-6-15)13-25(14,21)18-9-7-16(20)8-10-18/h2-10,13H,1H3,(H,22,24). The summed E-state index contributed by atoms with van der Waals surface area (Å²) in [6.45, 7) is 1.64. The number of aliphatic imine (C=N–C) groups is 1. The van der Waals surface area contributed by atoms with E-state index in [1.165, 1.54) is 5.41 Å². The Kier molecular flexibility index (Phi) is 4.93. The van der Waals surface area contributed by atoms with Gasteiger partial charge in [-0.3, -0.25) is 10.1 Å². The summed E-state index contributed by atoms with van der Waals surface area (Å²) in [6.07, 6.45) is 0. The molecule has 0 aromatic heterocycles. The number of amides is 1. The number of nitrogens with one attached hydrogen (secondary N) is 1. The Morgan fingerprint density at radius 3 is 2.52 bits per heavy atom. The molecule has 1 amide bonds. The lowest BCUT2D eigenvalue weighted by Crippen LogP contribution is -2.17. The first-order chi connectivity index (χ1) is 12.0. The number of allylic oxidation sites excluding steroid dienone is 1. The molecule has 2 aromatic rings. The summed E-state index contributed by atoms with van der Waals surface area (Å²) in [5.41, 5.74) is 0.807. The van der Waals surface area contributed by atoms with E-state index in [4.69, 9.17) is 11.6 Å². The van der Waals surface area contributed by atoms with Gasteiger partial charge in [-0.15, -0.1) is 0 Å². The van der Waals surface area contributed by atoms with E-state index >= 15 is 3.89 Å². The molecular weight excluding hydrogens is 359 g/mol. The molecule has 0 saturated heterocycles. The molecule has 25 heavy (non-hydrogen) atoms.